The zero-order valence-electron chi connectivity index (χ0n) is 18.8. The number of nitrogens with zero attached hydrogens (tertiary/aromatic N) is 2. The van der Waals surface area contributed by atoms with E-state index in [1.165, 1.54) is 34.9 Å². The summed E-state index contributed by atoms with van der Waals surface area (Å²) in [4.78, 5) is 31.2. The summed E-state index contributed by atoms with van der Waals surface area (Å²) < 4.78 is 46.5. The van der Waals surface area contributed by atoms with E-state index in [0.29, 0.717) is 12.0 Å². The third kappa shape index (κ3) is 6.30. The quantitative estimate of drug-likeness (QED) is 0.443. The van der Waals surface area contributed by atoms with E-state index < -0.39 is 17.5 Å². The molecule has 1 amide bonds. The summed E-state index contributed by atoms with van der Waals surface area (Å²) >= 11 is 0.224. The maximum atomic E-state index is 14.6. The number of rotatable bonds is 8. The van der Waals surface area contributed by atoms with Crippen molar-refractivity contribution in [2.75, 3.05) is 25.1 Å². The average Bonchev–Trinajstić information content (AvgIpc) is 2.70. The first kappa shape index (κ1) is 25.1. The number of halogens is 3. The Bertz CT molecular complexity index is 1090. The number of pyridine rings is 1. The van der Waals surface area contributed by atoms with Crippen molar-refractivity contribution in [3.63, 3.8) is 0 Å². The molecule has 1 aromatic heterocycles. The monoisotopic (exact) mass is 485 g/mol. The molecule has 3 rings (SSSR count). The zero-order valence-corrected chi connectivity index (χ0v) is 19.6. The molecular formula is C22H26F3N3O4S. The maximum absolute atomic E-state index is 14.6. The summed E-state index contributed by atoms with van der Waals surface area (Å²) in [6.45, 7) is 6.42. The van der Waals surface area contributed by atoms with Crippen molar-refractivity contribution in [2.45, 2.75) is 43.4 Å². The number of benzene rings is 1. The molecule has 33 heavy (non-hydrogen) atoms. The lowest BCUT2D eigenvalue weighted by atomic mass is 10.0. The Labute approximate surface area is 193 Å². The molecule has 0 bridgehead atoms. The third-order valence-electron chi connectivity index (χ3n) is 4.83. The van der Waals surface area contributed by atoms with Crippen LogP contribution in [0.15, 0.2) is 34.0 Å². The molecule has 0 aliphatic carbocycles. The van der Waals surface area contributed by atoms with E-state index in [4.69, 9.17) is 9.57 Å². The lowest BCUT2D eigenvalue weighted by Crippen LogP contribution is -2.41. The first-order chi connectivity index (χ1) is 15.5. The van der Waals surface area contributed by atoms with Crippen LogP contribution in [0.3, 0.4) is 0 Å². The second-order valence-corrected chi connectivity index (χ2v) is 9.45. The van der Waals surface area contributed by atoms with Crippen LogP contribution in [-0.4, -0.2) is 46.7 Å². The number of fused-ring (bicyclic) bond motifs is 1. The lowest BCUT2D eigenvalue weighted by Gasteiger charge is -2.30. The summed E-state index contributed by atoms with van der Waals surface area (Å²) in [5.41, 5.74) is -0.0686. The predicted octanol–water partition coefficient (Wildman–Crippen LogP) is 4.33. The van der Waals surface area contributed by atoms with Gasteiger partial charge in [-0.25, -0.2) is 9.45 Å². The van der Waals surface area contributed by atoms with Crippen molar-refractivity contribution >= 4 is 29.2 Å². The number of thioether (sulfide) groups is 1. The Morgan fingerprint density at radius 3 is 2.55 bits per heavy atom. The minimum absolute atomic E-state index is 0.0542. The first-order valence-corrected chi connectivity index (χ1v) is 11.2. The molecule has 2 aromatic rings. The van der Waals surface area contributed by atoms with Gasteiger partial charge in [-0.2, -0.15) is 8.78 Å². The lowest BCUT2D eigenvalue weighted by molar-refractivity contribution is -0.148. The van der Waals surface area contributed by atoms with Crippen LogP contribution in [0.1, 0.15) is 36.7 Å². The molecule has 0 fully saturated rings. The van der Waals surface area contributed by atoms with Gasteiger partial charge in [-0.3, -0.25) is 19.0 Å². The minimum Gasteiger partial charge on any atom is -0.373 e. The van der Waals surface area contributed by atoms with E-state index in [9.17, 15) is 22.8 Å². The Kier molecular flexibility index (Phi) is 7.76. The Balaban J connectivity index is 1.85. The van der Waals surface area contributed by atoms with Crippen LogP contribution in [0.4, 0.5) is 24.7 Å². The molecule has 0 saturated carbocycles. The van der Waals surface area contributed by atoms with E-state index in [-0.39, 0.29) is 64.6 Å². The van der Waals surface area contributed by atoms with Crippen LogP contribution in [0.25, 0.3) is 0 Å². The van der Waals surface area contributed by atoms with Gasteiger partial charge in [0.15, 0.2) is 0 Å². The highest BCUT2D eigenvalue weighted by Gasteiger charge is 2.30. The fourth-order valence-electron chi connectivity index (χ4n) is 3.30. The molecule has 2 heterocycles. The van der Waals surface area contributed by atoms with Crippen LogP contribution < -0.4 is 10.9 Å². The van der Waals surface area contributed by atoms with Gasteiger partial charge in [0.2, 0.25) is 0 Å². The molecule has 0 saturated heterocycles. The molecular weight excluding hydrogens is 459 g/mol. The number of anilines is 2. The molecule has 1 aromatic carbocycles. The van der Waals surface area contributed by atoms with Gasteiger partial charge in [-0.15, -0.1) is 0 Å². The van der Waals surface area contributed by atoms with E-state index in [1.54, 1.807) is 0 Å². The van der Waals surface area contributed by atoms with Gasteiger partial charge in [0, 0.05) is 18.0 Å². The Morgan fingerprint density at radius 2 is 1.91 bits per heavy atom. The predicted molar refractivity (Wildman–Crippen MR) is 120 cm³/mol. The topological polar surface area (TPSA) is 72.8 Å². The van der Waals surface area contributed by atoms with Crippen LogP contribution in [0, 0.1) is 5.82 Å². The minimum atomic E-state index is -2.68. The number of carbonyl (C=O) groups excluding carboxylic acids is 1. The molecule has 11 heteroatoms. The van der Waals surface area contributed by atoms with Gasteiger partial charge in [-0.1, -0.05) is 11.8 Å². The van der Waals surface area contributed by atoms with Crippen LogP contribution in [0.2, 0.25) is 0 Å². The Hall–Kier alpha value is -2.50. The molecule has 0 spiro atoms. The number of hydroxylamine groups is 2. The van der Waals surface area contributed by atoms with Crippen molar-refractivity contribution in [1.29, 1.82) is 0 Å². The number of hydrogen-bond acceptors (Lipinski definition) is 6. The van der Waals surface area contributed by atoms with Gasteiger partial charge in [0.05, 0.1) is 36.6 Å². The Morgan fingerprint density at radius 1 is 1.18 bits per heavy atom. The van der Waals surface area contributed by atoms with E-state index in [1.807, 2.05) is 20.8 Å². The molecule has 1 aliphatic rings. The fourth-order valence-corrected chi connectivity index (χ4v) is 3.82. The molecule has 1 N–H and O–H groups in total. The van der Waals surface area contributed by atoms with E-state index >= 15 is 0 Å². The van der Waals surface area contributed by atoms with Crippen molar-refractivity contribution in [3.8, 4) is 0 Å². The summed E-state index contributed by atoms with van der Waals surface area (Å²) in [5.74, 6) is -3.85. The van der Waals surface area contributed by atoms with Gasteiger partial charge < -0.3 is 10.1 Å². The number of alkyl halides is 2. The van der Waals surface area contributed by atoms with Gasteiger partial charge in [0.25, 0.3) is 17.2 Å². The second kappa shape index (κ2) is 10.2. The highest BCUT2D eigenvalue weighted by molar-refractivity contribution is 7.99. The standard InChI is InChI=1S/C22H26F3N3O4S/c1-22(2,3)31-9-10-32-28-8-7-13-11-17(29)27(4)19(18(13)20(28)30)26-16-6-5-14(12-15(16)23)33-21(24)25/h5-6,11-12,21,26H,7-10H2,1-4H3. The molecule has 0 atom stereocenters. The van der Waals surface area contributed by atoms with E-state index in [0.717, 1.165) is 6.07 Å². The molecule has 0 unspecified atom stereocenters. The highest BCUT2D eigenvalue weighted by Crippen LogP contribution is 2.31. The molecule has 180 valence electrons. The molecule has 7 nitrogen and oxygen atoms in total. The first-order valence-electron chi connectivity index (χ1n) is 10.3. The zero-order chi connectivity index (χ0) is 24.3. The van der Waals surface area contributed by atoms with Crippen molar-refractivity contribution < 1.29 is 27.5 Å². The summed E-state index contributed by atoms with van der Waals surface area (Å²) in [6, 6.07) is 4.97. The number of carbonyl (C=O) groups is 1. The summed E-state index contributed by atoms with van der Waals surface area (Å²) in [6.07, 6.45) is 0.373. The number of nitrogens with one attached hydrogen (secondary N) is 1. The summed E-state index contributed by atoms with van der Waals surface area (Å²) in [5, 5.41) is 3.99. The third-order valence-corrected chi connectivity index (χ3v) is 5.53. The number of aromatic nitrogens is 1. The van der Waals surface area contributed by atoms with Gasteiger partial charge in [-0.05, 0) is 51.0 Å². The second-order valence-electron chi connectivity index (χ2n) is 8.39. The largest absolute Gasteiger partial charge is 0.373 e. The molecule has 1 aliphatic heterocycles. The number of amides is 1. The van der Waals surface area contributed by atoms with E-state index in [2.05, 4.69) is 5.32 Å². The average molecular weight is 486 g/mol. The van der Waals surface area contributed by atoms with Crippen LogP contribution in [-0.2, 0) is 23.0 Å². The van der Waals surface area contributed by atoms with Crippen LogP contribution >= 0.6 is 11.8 Å². The van der Waals surface area contributed by atoms with Gasteiger partial charge >= 0.3 is 0 Å². The maximum Gasteiger partial charge on any atom is 0.288 e. The number of ether oxygens (including phenoxy) is 1. The highest BCUT2D eigenvalue weighted by atomic mass is 32.2. The fraction of sp³-hybridized carbons (Fsp3) is 0.455. The molecule has 0 radical (unpaired) electrons. The van der Waals surface area contributed by atoms with Crippen molar-refractivity contribution in [2.24, 2.45) is 7.05 Å². The number of hydrogen-bond donors (Lipinski definition) is 1. The summed E-state index contributed by atoms with van der Waals surface area (Å²) in [7, 11) is 1.45. The van der Waals surface area contributed by atoms with Crippen molar-refractivity contribution in [3.05, 3.63) is 51.6 Å². The SMILES string of the molecule is Cn1c(Nc2ccc(SC(F)F)cc2F)c2c(cc1=O)CCN(OCCOC(C)(C)C)C2=O. The normalized spacial score (nSPS) is 14.1. The smallest absolute Gasteiger partial charge is 0.288 e. The van der Waals surface area contributed by atoms with Crippen LogP contribution in [0.5, 0.6) is 0 Å². The van der Waals surface area contributed by atoms with Gasteiger partial charge in [0.1, 0.15) is 11.6 Å². The van der Waals surface area contributed by atoms with Crippen molar-refractivity contribution in [1.82, 2.24) is 9.63 Å².